The van der Waals surface area contributed by atoms with E-state index in [0.29, 0.717) is 13.1 Å². The predicted octanol–water partition coefficient (Wildman–Crippen LogP) is 1.63. The molecule has 0 unspecified atom stereocenters. The zero-order valence-corrected chi connectivity index (χ0v) is 13.9. The van der Waals surface area contributed by atoms with Gasteiger partial charge in [0.05, 0.1) is 6.61 Å². The fraction of sp³-hybridized carbons (Fsp3) is 0.562. The lowest BCUT2D eigenvalue weighted by atomic mass is 9.95. The van der Waals surface area contributed by atoms with Gasteiger partial charge >= 0.3 is 5.97 Å². The lowest BCUT2D eigenvalue weighted by Crippen LogP contribution is -2.54. The molecule has 1 aromatic carbocycles. The quantitative estimate of drug-likeness (QED) is 0.770. The first-order chi connectivity index (χ1) is 10.4. The number of benzene rings is 1. The van der Waals surface area contributed by atoms with Crippen molar-refractivity contribution in [1.29, 1.82) is 0 Å². The maximum absolute atomic E-state index is 12.2. The molecule has 6 heteroatoms. The van der Waals surface area contributed by atoms with Crippen molar-refractivity contribution < 1.29 is 17.9 Å². The molecule has 0 N–H and O–H groups in total. The minimum atomic E-state index is -3.51. The van der Waals surface area contributed by atoms with Gasteiger partial charge in [0.15, 0.2) is 14.6 Å². The molecule has 2 rings (SSSR count). The Kier molecular flexibility index (Phi) is 5.24. The Hall–Kier alpha value is -1.40. The van der Waals surface area contributed by atoms with E-state index in [2.05, 4.69) is 4.90 Å². The largest absolute Gasteiger partial charge is 0.465 e. The fourth-order valence-electron chi connectivity index (χ4n) is 2.90. The Labute approximate surface area is 132 Å². The van der Waals surface area contributed by atoms with Gasteiger partial charge in [0.25, 0.3) is 0 Å². The first-order valence-electron chi connectivity index (χ1n) is 7.52. The Morgan fingerprint density at radius 2 is 1.82 bits per heavy atom. The van der Waals surface area contributed by atoms with Crippen molar-refractivity contribution in [3.05, 3.63) is 35.9 Å². The molecule has 1 aliphatic rings. The highest BCUT2D eigenvalue weighted by molar-refractivity contribution is 7.92. The molecule has 0 bridgehead atoms. The zero-order chi connectivity index (χ0) is 16.2. The van der Waals surface area contributed by atoms with Crippen LogP contribution in [-0.4, -0.2) is 50.0 Å². The van der Waals surface area contributed by atoms with Gasteiger partial charge < -0.3 is 4.74 Å². The summed E-state index contributed by atoms with van der Waals surface area (Å²) in [6.45, 7) is 3.80. The summed E-state index contributed by atoms with van der Waals surface area (Å²) in [6, 6.07) is 10.0. The SMILES string of the molecule is CCOC(=O)C1(S(C)(=O)=O)CCN(Cc2ccccc2)CC1. The standard InChI is InChI=1S/C16H23NO4S/c1-3-21-15(18)16(22(2,19)20)9-11-17(12-10-16)13-14-7-5-4-6-8-14/h4-8H,3,9-13H2,1-2H3. The summed E-state index contributed by atoms with van der Waals surface area (Å²) in [4.78, 5) is 14.4. The van der Waals surface area contributed by atoms with Crippen LogP contribution in [0.1, 0.15) is 25.3 Å². The molecule has 0 saturated carbocycles. The highest BCUT2D eigenvalue weighted by atomic mass is 32.2. The van der Waals surface area contributed by atoms with E-state index in [1.165, 1.54) is 5.56 Å². The number of hydrogen-bond acceptors (Lipinski definition) is 5. The second-order valence-electron chi connectivity index (χ2n) is 5.75. The molecule has 5 nitrogen and oxygen atoms in total. The minimum Gasteiger partial charge on any atom is -0.465 e. The lowest BCUT2D eigenvalue weighted by molar-refractivity contribution is -0.147. The first-order valence-corrected chi connectivity index (χ1v) is 9.41. The summed E-state index contributed by atoms with van der Waals surface area (Å²) >= 11 is 0. The molecule has 0 atom stereocenters. The number of rotatable bonds is 5. The van der Waals surface area contributed by atoms with Gasteiger partial charge in [-0.1, -0.05) is 30.3 Å². The summed E-state index contributed by atoms with van der Waals surface area (Å²) in [5, 5.41) is 0. The van der Waals surface area contributed by atoms with Gasteiger partial charge in [-0.15, -0.1) is 0 Å². The van der Waals surface area contributed by atoms with Crippen LogP contribution < -0.4 is 0 Å². The third kappa shape index (κ3) is 3.50. The minimum absolute atomic E-state index is 0.198. The number of hydrogen-bond donors (Lipinski definition) is 0. The van der Waals surface area contributed by atoms with Gasteiger partial charge in [0, 0.05) is 25.9 Å². The number of carbonyl (C=O) groups excluding carboxylic acids is 1. The molecule has 1 fully saturated rings. The van der Waals surface area contributed by atoms with Gasteiger partial charge in [-0.2, -0.15) is 0 Å². The number of ether oxygens (including phenoxy) is 1. The summed E-state index contributed by atoms with van der Waals surface area (Å²) < 4.78 is 28.0. The number of sulfone groups is 1. The molecule has 1 aliphatic heterocycles. The fourth-order valence-corrected chi connectivity index (χ4v) is 4.19. The van der Waals surface area contributed by atoms with E-state index in [1.807, 2.05) is 30.3 Å². The Morgan fingerprint density at radius 3 is 2.32 bits per heavy atom. The van der Waals surface area contributed by atoms with Crippen LogP contribution in [0, 0.1) is 0 Å². The summed E-state index contributed by atoms with van der Waals surface area (Å²) in [6.07, 6.45) is 1.71. The van der Waals surface area contributed by atoms with Crippen molar-refractivity contribution in [3.63, 3.8) is 0 Å². The lowest BCUT2D eigenvalue weighted by Gasteiger charge is -2.38. The molecule has 1 aromatic rings. The summed E-state index contributed by atoms with van der Waals surface area (Å²) in [7, 11) is -3.51. The second-order valence-corrected chi connectivity index (χ2v) is 8.07. The number of piperidine rings is 1. The number of nitrogens with zero attached hydrogens (tertiary/aromatic N) is 1. The van der Waals surface area contributed by atoms with Crippen molar-refractivity contribution in [2.24, 2.45) is 0 Å². The van der Waals surface area contributed by atoms with Gasteiger partial charge in [0.2, 0.25) is 0 Å². The van der Waals surface area contributed by atoms with Crippen LogP contribution in [0.15, 0.2) is 30.3 Å². The smallest absolute Gasteiger partial charge is 0.327 e. The average Bonchev–Trinajstić information content (AvgIpc) is 2.48. The van der Waals surface area contributed by atoms with Crippen molar-refractivity contribution in [3.8, 4) is 0 Å². The van der Waals surface area contributed by atoms with Crippen molar-refractivity contribution >= 4 is 15.8 Å². The summed E-state index contributed by atoms with van der Waals surface area (Å²) in [5.74, 6) is -0.600. The molecule has 0 aromatic heterocycles. The number of carbonyl (C=O) groups is 1. The van der Waals surface area contributed by atoms with Gasteiger partial charge in [0.1, 0.15) is 0 Å². The second kappa shape index (κ2) is 6.79. The van der Waals surface area contributed by atoms with Crippen LogP contribution in [0.3, 0.4) is 0 Å². The van der Waals surface area contributed by atoms with Crippen LogP contribution in [0.4, 0.5) is 0 Å². The number of likely N-dealkylation sites (tertiary alicyclic amines) is 1. The maximum Gasteiger partial charge on any atom is 0.327 e. The molecule has 0 amide bonds. The van der Waals surface area contributed by atoms with Crippen molar-refractivity contribution in [2.45, 2.75) is 31.1 Å². The topological polar surface area (TPSA) is 63.7 Å². The normalized spacial score (nSPS) is 18.8. The van der Waals surface area contributed by atoms with Crippen LogP contribution >= 0.6 is 0 Å². The third-order valence-electron chi connectivity index (χ3n) is 4.27. The molecular weight excluding hydrogens is 302 g/mol. The van der Waals surface area contributed by atoms with E-state index in [0.717, 1.165) is 12.8 Å². The van der Waals surface area contributed by atoms with Crippen LogP contribution in [-0.2, 0) is 25.9 Å². The van der Waals surface area contributed by atoms with Gasteiger partial charge in [-0.25, -0.2) is 8.42 Å². The molecule has 0 aliphatic carbocycles. The monoisotopic (exact) mass is 325 g/mol. The first kappa shape index (κ1) is 17.0. The van der Waals surface area contributed by atoms with E-state index >= 15 is 0 Å². The maximum atomic E-state index is 12.2. The molecule has 0 radical (unpaired) electrons. The highest BCUT2D eigenvalue weighted by Crippen LogP contribution is 2.32. The molecule has 0 spiro atoms. The van der Waals surface area contributed by atoms with E-state index in [1.54, 1.807) is 6.92 Å². The Morgan fingerprint density at radius 1 is 1.23 bits per heavy atom. The molecular formula is C16H23NO4S. The van der Waals surface area contributed by atoms with E-state index in [4.69, 9.17) is 4.74 Å². The van der Waals surface area contributed by atoms with E-state index in [9.17, 15) is 13.2 Å². The van der Waals surface area contributed by atoms with Crippen LogP contribution in [0.25, 0.3) is 0 Å². The van der Waals surface area contributed by atoms with Gasteiger partial charge in [-0.05, 0) is 25.3 Å². The van der Waals surface area contributed by atoms with Crippen LogP contribution in [0.2, 0.25) is 0 Å². The van der Waals surface area contributed by atoms with E-state index < -0.39 is 20.6 Å². The van der Waals surface area contributed by atoms with Crippen molar-refractivity contribution in [1.82, 2.24) is 4.90 Å². The van der Waals surface area contributed by atoms with Gasteiger partial charge in [-0.3, -0.25) is 9.69 Å². The predicted molar refractivity (Wildman–Crippen MR) is 85.2 cm³/mol. The van der Waals surface area contributed by atoms with Crippen molar-refractivity contribution in [2.75, 3.05) is 26.0 Å². The summed E-state index contributed by atoms with van der Waals surface area (Å²) in [5.41, 5.74) is 1.19. The van der Waals surface area contributed by atoms with E-state index in [-0.39, 0.29) is 19.4 Å². The molecule has 122 valence electrons. The van der Waals surface area contributed by atoms with Crippen LogP contribution in [0.5, 0.6) is 0 Å². The zero-order valence-electron chi connectivity index (χ0n) is 13.1. The number of esters is 1. The Balaban J connectivity index is 2.08. The third-order valence-corrected chi connectivity index (χ3v) is 6.26. The molecule has 1 heterocycles. The Bertz CT molecular complexity index is 604. The molecule has 22 heavy (non-hydrogen) atoms. The highest BCUT2D eigenvalue weighted by Gasteiger charge is 2.51. The molecule has 1 saturated heterocycles. The average molecular weight is 325 g/mol.